The van der Waals surface area contributed by atoms with Gasteiger partial charge < -0.3 is 11.1 Å². The van der Waals surface area contributed by atoms with Crippen LogP contribution in [0.4, 0.5) is 11.4 Å². The molecule has 0 atom stereocenters. The molecule has 2 rings (SSSR count). The molecule has 17 heavy (non-hydrogen) atoms. The number of nitrogens with two attached hydrogens (primary N) is 1. The van der Waals surface area contributed by atoms with Crippen LogP contribution in [0.2, 0.25) is 4.34 Å². The monoisotopic (exact) mass is 263 g/mol. The Morgan fingerprint density at radius 3 is 2.82 bits per heavy atom. The fourth-order valence-corrected chi connectivity index (χ4v) is 2.46. The third-order valence-corrected chi connectivity index (χ3v) is 3.48. The molecule has 2 aromatic rings. The van der Waals surface area contributed by atoms with Gasteiger partial charge in [-0.2, -0.15) is 5.26 Å². The lowest BCUT2D eigenvalue weighted by molar-refractivity contribution is 1.19. The second kappa shape index (κ2) is 5.09. The number of rotatable bonds is 3. The molecule has 86 valence electrons. The lowest BCUT2D eigenvalue weighted by Crippen LogP contribution is -2.00. The Kier molecular flexibility index (Phi) is 3.52. The van der Waals surface area contributed by atoms with Gasteiger partial charge in [0.15, 0.2) is 0 Å². The predicted molar refractivity (Wildman–Crippen MR) is 72.2 cm³/mol. The van der Waals surface area contributed by atoms with E-state index in [1.165, 1.54) is 11.3 Å². The molecular formula is C12H10ClN3S. The fraction of sp³-hybridized carbons (Fsp3) is 0.0833. The zero-order valence-electron chi connectivity index (χ0n) is 8.90. The normalized spacial score (nSPS) is 9.88. The summed E-state index contributed by atoms with van der Waals surface area (Å²) in [5, 5.41) is 12.2. The number of benzene rings is 1. The summed E-state index contributed by atoms with van der Waals surface area (Å²) in [5.74, 6) is 0. The van der Waals surface area contributed by atoms with E-state index in [1.54, 1.807) is 12.1 Å². The molecule has 3 nitrogen and oxygen atoms in total. The number of anilines is 2. The molecule has 0 aliphatic heterocycles. The van der Waals surface area contributed by atoms with Crippen molar-refractivity contribution in [1.82, 2.24) is 0 Å². The third-order valence-electron chi connectivity index (χ3n) is 2.25. The van der Waals surface area contributed by atoms with Crippen LogP contribution in [0.5, 0.6) is 0 Å². The van der Waals surface area contributed by atoms with Crippen molar-refractivity contribution in [2.45, 2.75) is 6.54 Å². The topological polar surface area (TPSA) is 61.8 Å². The van der Waals surface area contributed by atoms with Gasteiger partial charge in [-0.05, 0) is 30.3 Å². The van der Waals surface area contributed by atoms with Crippen molar-refractivity contribution >= 4 is 34.3 Å². The molecule has 0 saturated carbocycles. The molecular weight excluding hydrogens is 254 g/mol. The van der Waals surface area contributed by atoms with Gasteiger partial charge in [0.1, 0.15) is 6.07 Å². The van der Waals surface area contributed by atoms with Crippen LogP contribution >= 0.6 is 22.9 Å². The van der Waals surface area contributed by atoms with Gasteiger partial charge in [-0.25, -0.2) is 0 Å². The Balaban J connectivity index is 2.12. The van der Waals surface area contributed by atoms with Crippen LogP contribution in [-0.4, -0.2) is 0 Å². The smallest absolute Gasteiger partial charge is 0.101 e. The van der Waals surface area contributed by atoms with Crippen molar-refractivity contribution in [2.75, 3.05) is 11.1 Å². The van der Waals surface area contributed by atoms with Gasteiger partial charge in [0.25, 0.3) is 0 Å². The SMILES string of the molecule is N#Cc1cc(N)ccc1NCc1ccc(Cl)s1. The molecule has 0 bridgehead atoms. The Morgan fingerprint density at radius 1 is 1.35 bits per heavy atom. The van der Waals surface area contributed by atoms with Crippen molar-refractivity contribution < 1.29 is 0 Å². The van der Waals surface area contributed by atoms with Crippen LogP contribution in [0.25, 0.3) is 0 Å². The van der Waals surface area contributed by atoms with E-state index in [9.17, 15) is 0 Å². The van der Waals surface area contributed by atoms with Crippen LogP contribution in [0.1, 0.15) is 10.4 Å². The molecule has 0 aliphatic rings. The average Bonchev–Trinajstić information content (AvgIpc) is 2.73. The van der Waals surface area contributed by atoms with Crippen LogP contribution in [0, 0.1) is 11.3 Å². The van der Waals surface area contributed by atoms with Crippen LogP contribution in [-0.2, 0) is 6.54 Å². The van der Waals surface area contributed by atoms with Crippen LogP contribution < -0.4 is 11.1 Å². The third kappa shape index (κ3) is 2.90. The lowest BCUT2D eigenvalue weighted by atomic mass is 10.1. The Morgan fingerprint density at radius 2 is 2.18 bits per heavy atom. The molecule has 0 spiro atoms. The molecule has 1 aromatic heterocycles. The number of hydrogen-bond donors (Lipinski definition) is 2. The molecule has 3 N–H and O–H groups in total. The summed E-state index contributed by atoms with van der Waals surface area (Å²) in [6, 6.07) is 11.2. The minimum atomic E-state index is 0.549. The minimum absolute atomic E-state index is 0.549. The highest BCUT2D eigenvalue weighted by atomic mass is 35.5. The first-order chi connectivity index (χ1) is 8.19. The van der Waals surface area contributed by atoms with Crippen molar-refractivity contribution in [3.05, 3.63) is 45.1 Å². The molecule has 0 saturated heterocycles. The molecule has 0 amide bonds. The van der Waals surface area contributed by atoms with Gasteiger partial charge in [-0.15, -0.1) is 11.3 Å². The molecule has 5 heteroatoms. The van der Waals surface area contributed by atoms with Gasteiger partial charge in [0.2, 0.25) is 0 Å². The molecule has 0 radical (unpaired) electrons. The van der Waals surface area contributed by atoms with E-state index in [0.29, 0.717) is 17.8 Å². The molecule has 0 fully saturated rings. The van der Waals surface area contributed by atoms with E-state index >= 15 is 0 Å². The maximum Gasteiger partial charge on any atom is 0.101 e. The van der Waals surface area contributed by atoms with Gasteiger partial charge in [0, 0.05) is 17.1 Å². The van der Waals surface area contributed by atoms with Gasteiger partial charge >= 0.3 is 0 Å². The number of nitrogens with one attached hydrogen (secondary N) is 1. The Hall–Kier alpha value is -1.70. The van der Waals surface area contributed by atoms with Crippen molar-refractivity contribution in [3.63, 3.8) is 0 Å². The molecule has 0 unspecified atom stereocenters. The molecule has 1 aromatic carbocycles. The summed E-state index contributed by atoms with van der Waals surface area (Å²) in [4.78, 5) is 1.12. The van der Waals surface area contributed by atoms with E-state index in [0.717, 1.165) is 14.9 Å². The first-order valence-corrected chi connectivity index (χ1v) is 6.16. The second-order valence-corrected chi connectivity index (χ2v) is 5.28. The standard InChI is InChI=1S/C12H10ClN3S/c13-12-4-2-10(17-12)7-16-11-3-1-9(15)5-8(11)6-14/h1-5,16H,7,15H2. The molecule has 0 aliphatic carbocycles. The van der Waals surface area contributed by atoms with Crippen LogP contribution in [0.15, 0.2) is 30.3 Å². The van der Waals surface area contributed by atoms with Gasteiger partial charge in [-0.3, -0.25) is 0 Å². The highest BCUT2D eigenvalue weighted by Gasteiger charge is 2.03. The maximum atomic E-state index is 8.98. The van der Waals surface area contributed by atoms with Gasteiger partial charge in [-0.1, -0.05) is 11.6 Å². The largest absolute Gasteiger partial charge is 0.399 e. The second-order valence-electron chi connectivity index (χ2n) is 3.48. The average molecular weight is 264 g/mol. The van der Waals surface area contributed by atoms with E-state index in [2.05, 4.69) is 11.4 Å². The summed E-state index contributed by atoms with van der Waals surface area (Å²) in [5.41, 5.74) is 7.54. The summed E-state index contributed by atoms with van der Waals surface area (Å²) in [7, 11) is 0. The van der Waals surface area contributed by atoms with Gasteiger partial charge in [0.05, 0.1) is 15.6 Å². The lowest BCUT2D eigenvalue weighted by Gasteiger charge is -2.07. The van der Waals surface area contributed by atoms with Crippen molar-refractivity contribution in [2.24, 2.45) is 0 Å². The number of thiophene rings is 1. The first kappa shape index (κ1) is 11.8. The number of nitrogen functional groups attached to an aromatic ring is 1. The maximum absolute atomic E-state index is 8.98. The van der Waals surface area contributed by atoms with Crippen LogP contribution in [0.3, 0.4) is 0 Å². The quantitative estimate of drug-likeness (QED) is 0.834. The van der Waals surface area contributed by atoms with E-state index < -0.39 is 0 Å². The highest BCUT2D eigenvalue weighted by molar-refractivity contribution is 7.16. The summed E-state index contributed by atoms with van der Waals surface area (Å²) >= 11 is 7.36. The Bertz CT molecular complexity index is 571. The van der Waals surface area contributed by atoms with Crippen molar-refractivity contribution in [3.8, 4) is 6.07 Å². The summed E-state index contributed by atoms with van der Waals surface area (Å²) in [6.07, 6.45) is 0. The zero-order valence-corrected chi connectivity index (χ0v) is 10.5. The number of nitriles is 1. The van der Waals surface area contributed by atoms with Crippen molar-refractivity contribution in [1.29, 1.82) is 5.26 Å². The zero-order chi connectivity index (χ0) is 12.3. The van der Waals surface area contributed by atoms with E-state index in [-0.39, 0.29) is 0 Å². The Labute approximate surface area is 108 Å². The molecule has 1 heterocycles. The minimum Gasteiger partial charge on any atom is -0.399 e. The first-order valence-electron chi connectivity index (χ1n) is 4.97. The summed E-state index contributed by atoms with van der Waals surface area (Å²) in [6.45, 7) is 0.649. The highest BCUT2D eigenvalue weighted by Crippen LogP contribution is 2.23. The number of halogens is 1. The number of nitrogens with zero attached hydrogens (tertiary/aromatic N) is 1. The summed E-state index contributed by atoms with van der Waals surface area (Å²) < 4.78 is 0.764. The van der Waals surface area contributed by atoms with E-state index in [4.69, 9.17) is 22.6 Å². The van der Waals surface area contributed by atoms with E-state index in [1.807, 2.05) is 18.2 Å². The fourth-order valence-electron chi connectivity index (χ4n) is 1.44. The predicted octanol–water partition coefficient (Wildman–Crippen LogP) is 3.47. The number of hydrogen-bond acceptors (Lipinski definition) is 4.